The van der Waals surface area contributed by atoms with Gasteiger partial charge in [0.05, 0.1) is 31.4 Å². The van der Waals surface area contributed by atoms with Gasteiger partial charge in [0.1, 0.15) is 17.3 Å². The van der Waals surface area contributed by atoms with Gasteiger partial charge in [-0.05, 0) is 75.2 Å². The number of carbonyl (C=O) groups is 2. The fraction of sp³-hybridized carbons (Fsp3) is 0.290. The maximum Gasteiger partial charge on any atom is 0.300 e. The molecule has 0 aliphatic carbocycles. The van der Waals surface area contributed by atoms with Crippen LogP contribution in [0.25, 0.3) is 5.76 Å². The van der Waals surface area contributed by atoms with Crippen LogP contribution in [-0.4, -0.2) is 44.1 Å². The first-order chi connectivity index (χ1) is 18.2. The molecule has 1 aliphatic heterocycles. The van der Waals surface area contributed by atoms with E-state index in [1.807, 2.05) is 56.3 Å². The van der Waals surface area contributed by atoms with Crippen LogP contribution in [0, 0.1) is 13.8 Å². The third-order valence-electron chi connectivity index (χ3n) is 7.06. The fourth-order valence-electron chi connectivity index (χ4n) is 5.07. The third kappa shape index (κ3) is 4.72. The van der Waals surface area contributed by atoms with E-state index in [1.165, 1.54) is 19.1 Å². The SMILES string of the molecule is CCN(CC)c1ccc(C2/C(=C(\O)c3cc(OC)ccc3OC)C(=O)C(=O)N2c2ccc(C)cc2C)cc1. The number of benzene rings is 3. The number of ether oxygens (including phenoxy) is 2. The number of carbonyl (C=O) groups excluding carboxylic acids is 2. The molecule has 0 radical (unpaired) electrons. The average Bonchev–Trinajstić information content (AvgIpc) is 3.19. The quantitative estimate of drug-likeness (QED) is 0.233. The molecular weight excluding hydrogens is 480 g/mol. The molecule has 7 heteroatoms. The third-order valence-corrected chi connectivity index (χ3v) is 7.06. The number of nitrogens with zero attached hydrogens (tertiary/aromatic N) is 2. The van der Waals surface area contributed by atoms with Crippen LogP contribution in [0.2, 0.25) is 0 Å². The summed E-state index contributed by atoms with van der Waals surface area (Å²) in [7, 11) is 3.00. The van der Waals surface area contributed by atoms with E-state index in [2.05, 4.69) is 18.7 Å². The molecule has 1 saturated heterocycles. The number of hydrogen-bond acceptors (Lipinski definition) is 6. The molecule has 1 aliphatic rings. The van der Waals surface area contributed by atoms with E-state index in [1.54, 1.807) is 18.2 Å². The molecule has 1 atom stereocenters. The maximum atomic E-state index is 13.6. The van der Waals surface area contributed by atoms with Gasteiger partial charge in [0.25, 0.3) is 11.7 Å². The van der Waals surface area contributed by atoms with Gasteiger partial charge in [-0.3, -0.25) is 14.5 Å². The number of ketones is 1. The van der Waals surface area contributed by atoms with Gasteiger partial charge in [0.15, 0.2) is 0 Å². The van der Waals surface area contributed by atoms with E-state index < -0.39 is 17.7 Å². The molecule has 1 amide bonds. The van der Waals surface area contributed by atoms with Crippen molar-refractivity contribution in [2.24, 2.45) is 0 Å². The summed E-state index contributed by atoms with van der Waals surface area (Å²) in [6.45, 7) is 9.78. The van der Waals surface area contributed by atoms with Crippen molar-refractivity contribution in [2.45, 2.75) is 33.7 Å². The minimum Gasteiger partial charge on any atom is -0.507 e. The van der Waals surface area contributed by atoms with Crippen molar-refractivity contribution >= 4 is 28.8 Å². The van der Waals surface area contributed by atoms with Crippen molar-refractivity contribution in [1.29, 1.82) is 0 Å². The van der Waals surface area contributed by atoms with Gasteiger partial charge < -0.3 is 19.5 Å². The molecule has 7 nitrogen and oxygen atoms in total. The fourth-order valence-corrected chi connectivity index (χ4v) is 5.07. The van der Waals surface area contributed by atoms with Crippen LogP contribution in [0.4, 0.5) is 11.4 Å². The Morgan fingerprint density at radius 3 is 2.18 bits per heavy atom. The van der Waals surface area contributed by atoms with Gasteiger partial charge >= 0.3 is 0 Å². The van der Waals surface area contributed by atoms with Gasteiger partial charge in [-0.1, -0.05) is 29.8 Å². The number of anilines is 2. The molecule has 0 bridgehead atoms. The minimum atomic E-state index is -0.835. The Kier molecular flexibility index (Phi) is 7.76. The highest BCUT2D eigenvalue weighted by atomic mass is 16.5. The molecule has 3 aromatic carbocycles. The van der Waals surface area contributed by atoms with Crippen LogP contribution in [0.1, 0.15) is 42.1 Å². The molecular formula is C31H34N2O5. The summed E-state index contributed by atoms with van der Waals surface area (Å²) in [5, 5.41) is 11.6. The number of aliphatic hydroxyl groups is 1. The van der Waals surface area contributed by atoms with E-state index in [4.69, 9.17) is 9.47 Å². The van der Waals surface area contributed by atoms with E-state index >= 15 is 0 Å². The maximum absolute atomic E-state index is 13.6. The van der Waals surface area contributed by atoms with E-state index in [9.17, 15) is 14.7 Å². The van der Waals surface area contributed by atoms with Gasteiger partial charge in [-0.25, -0.2) is 0 Å². The van der Waals surface area contributed by atoms with Gasteiger partial charge in [-0.15, -0.1) is 0 Å². The average molecular weight is 515 g/mol. The number of aryl methyl sites for hydroxylation is 2. The lowest BCUT2D eigenvalue weighted by atomic mass is 9.94. The predicted octanol–water partition coefficient (Wildman–Crippen LogP) is 5.79. The van der Waals surface area contributed by atoms with Crippen molar-refractivity contribution in [3.8, 4) is 11.5 Å². The molecule has 1 unspecified atom stereocenters. The Hall–Kier alpha value is -4.26. The summed E-state index contributed by atoms with van der Waals surface area (Å²) in [6.07, 6.45) is 0. The van der Waals surface area contributed by atoms with E-state index in [-0.39, 0.29) is 16.9 Å². The number of amides is 1. The number of rotatable bonds is 8. The lowest BCUT2D eigenvalue weighted by molar-refractivity contribution is -0.132. The normalized spacial score (nSPS) is 16.6. The zero-order valence-electron chi connectivity index (χ0n) is 22.7. The second-order valence-corrected chi connectivity index (χ2v) is 9.29. The van der Waals surface area contributed by atoms with Crippen LogP contribution in [0.3, 0.4) is 0 Å². The first-order valence-corrected chi connectivity index (χ1v) is 12.7. The van der Waals surface area contributed by atoms with Crippen LogP contribution >= 0.6 is 0 Å². The summed E-state index contributed by atoms with van der Waals surface area (Å²) in [5.74, 6) is -0.930. The molecule has 0 saturated carbocycles. The molecule has 0 spiro atoms. The number of hydrogen-bond donors (Lipinski definition) is 1. The molecule has 38 heavy (non-hydrogen) atoms. The Balaban J connectivity index is 1.97. The highest BCUT2D eigenvalue weighted by Crippen LogP contribution is 2.45. The molecule has 0 aromatic heterocycles. The van der Waals surface area contributed by atoms with Crippen molar-refractivity contribution in [2.75, 3.05) is 37.1 Å². The Bertz CT molecular complexity index is 1390. The molecule has 198 valence electrons. The van der Waals surface area contributed by atoms with Gasteiger partial charge in [0, 0.05) is 24.5 Å². The van der Waals surface area contributed by atoms with Crippen molar-refractivity contribution < 1.29 is 24.2 Å². The zero-order chi connectivity index (χ0) is 27.6. The Morgan fingerprint density at radius 2 is 1.61 bits per heavy atom. The molecule has 1 heterocycles. The highest BCUT2D eigenvalue weighted by molar-refractivity contribution is 6.51. The first-order valence-electron chi connectivity index (χ1n) is 12.7. The summed E-state index contributed by atoms with van der Waals surface area (Å²) < 4.78 is 10.8. The summed E-state index contributed by atoms with van der Waals surface area (Å²) in [5.41, 5.74) is 4.54. The monoisotopic (exact) mass is 514 g/mol. The summed E-state index contributed by atoms with van der Waals surface area (Å²) in [6, 6.07) is 17.6. The number of Topliss-reactive ketones (excluding diaryl/α,β-unsaturated/α-hetero) is 1. The lowest BCUT2D eigenvalue weighted by Crippen LogP contribution is -2.30. The van der Waals surface area contributed by atoms with Crippen LogP contribution < -0.4 is 19.3 Å². The minimum absolute atomic E-state index is 0.00267. The van der Waals surface area contributed by atoms with Crippen molar-refractivity contribution in [1.82, 2.24) is 0 Å². The zero-order valence-corrected chi connectivity index (χ0v) is 22.7. The van der Waals surface area contributed by atoms with Crippen LogP contribution in [0.15, 0.2) is 66.2 Å². The first kappa shape index (κ1) is 26.8. The summed E-state index contributed by atoms with van der Waals surface area (Å²) >= 11 is 0. The van der Waals surface area contributed by atoms with Crippen LogP contribution in [0.5, 0.6) is 11.5 Å². The van der Waals surface area contributed by atoms with Gasteiger partial charge in [-0.2, -0.15) is 0 Å². The standard InChI is InChI=1S/C31H34N2O5/c1-7-32(8-2)22-12-10-21(11-13-22)28-27(29(34)24-18-23(37-5)14-16-26(24)38-6)30(35)31(36)33(28)25-15-9-19(3)17-20(25)4/h9-18,28,34H,7-8H2,1-6H3/b29-27+. The highest BCUT2D eigenvalue weighted by Gasteiger charge is 2.47. The smallest absolute Gasteiger partial charge is 0.300 e. The van der Waals surface area contributed by atoms with E-state index in [0.29, 0.717) is 22.7 Å². The molecule has 3 aromatic rings. The number of aliphatic hydroxyl groups excluding tert-OH is 1. The molecule has 4 rings (SSSR count). The second kappa shape index (κ2) is 11.0. The van der Waals surface area contributed by atoms with Crippen LogP contribution in [-0.2, 0) is 9.59 Å². The Morgan fingerprint density at radius 1 is 0.921 bits per heavy atom. The molecule has 1 N–H and O–H groups in total. The van der Waals surface area contributed by atoms with Crippen molar-refractivity contribution in [3.63, 3.8) is 0 Å². The molecule has 1 fully saturated rings. The van der Waals surface area contributed by atoms with Crippen molar-refractivity contribution in [3.05, 3.63) is 88.5 Å². The number of methoxy groups -OCH3 is 2. The predicted molar refractivity (Wildman–Crippen MR) is 150 cm³/mol. The topological polar surface area (TPSA) is 79.3 Å². The Labute approximate surface area is 223 Å². The largest absolute Gasteiger partial charge is 0.507 e. The van der Waals surface area contributed by atoms with Gasteiger partial charge in [0.2, 0.25) is 0 Å². The summed E-state index contributed by atoms with van der Waals surface area (Å²) in [4.78, 5) is 30.9. The lowest BCUT2D eigenvalue weighted by Gasteiger charge is -2.28. The van der Waals surface area contributed by atoms with E-state index in [0.717, 1.165) is 29.9 Å². The second-order valence-electron chi connectivity index (χ2n) is 9.29.